The van der Waals surface area contributed by atoms with E-state index in [1.807, 2.05) is 18.2 Å². The lowest BCUT2D eigenvalue weighted by molar-refractivity contribution is 0.560. The number of nitrogens with one attached hydrogen (secondary N) is 1. The summed E-state index contributed by atoms with van der Waals surface area (Å²) in [5, 5.41) is 0. The Hall–Kier alpha value is -1.64. The lowest BCUT2D eigenvalue weighted by atomic mass is 10.0. The molecule has 1 radical (unpaired) electrons. The topological polar surface area (TPSA) is 45.8 Å². The highest BCUT2D eigenvalue weighted by molar-refractivity contribution is 5.84. The van der Waals surface area contributed by atoms with Gasteiger partial charge in [0.05, 0.1) is 11.0 Å². The first-order valence-corrected chi connectivity index (χ1v) is 4.59. The number of rotatable bonds is 2. The van der Waals surface area contributed by atoms with E-state index in [9.17, 15) is 4.79 Å². The average molecular weight is 187 g/mol. The number of fused-ring (bicyclic) bond motifs is 1. The molecule has 0 fully saturated rings. The maximum absolute atomic E-state index is 10.4. The zero-order valence-electron chi connectivity index (χ0n) is 8.16. The molecule has 1 aromatic heterocycles. The number of para-hydroxylation sites is 1. The molecule has 2 rings (SSSR count). The highest BCUT2D eigenvalue weighted by Crippen LogP contribution is 2.22. The normalized spacial score (nSPS) is 11.1. The summed E-state index contributed by atoms with van der Waals surface area (Å²) in [4.78, 5) is 17.5. The maximum atomic E-state index is 10.4. The first-order chi connectivity index (χ1) is 6.72. The summed E-state index contributed by atoms with van der Waals surface area (Å²) < 4.78 is 0. The highest BCUT2D eigenvalue weighted by Gasteiger charge is 2.09. The van der Waals surface area contributed by atoms with Crippen LogP contribution in [0.3, 0.4) is 0 Å². The molecule has 0 amide bonds. The molecule has 0 spiro atoms. The third-order valence-electron chi connectivity index (χ3n) is 2.26. The monoisotopic (exact) mass is 187 g/mol. The molecule has 0 bridgehead atoms. The summed E-state index contributed by atoms with van der Waals surface area (Å²) in [7, 11) is 0. The summed E-state index contributed by atoms with van der Waals surface area (Å²) in [5.41, 5.74) is 2.93. The zero-order chi connectivity index (χ0) is 10.1. The molecule has 0 saturated carbocycles. The van der Waals surface area contributed by atoms with Gasteiger partial charge in [0.25, 0.3) is 6.29 Å². The molecule has 2 aromatic rings. The van der Waals surface area contributed by atoms with Crippen LogP contribution in [0.5, 0.6) is 0 Å². The molecule has 3 heteroatoms. The van der Waals surface area contributed by atoms with Crippen LogP contribution in [-0.2, 0) is 4.79 Å². The Balaban J connectivity index is 2.72. The van der Waals surface area contributed by atoms with E-state index in [0.717, 1.165) is 16.6 Å². The van der Waals surface area contributed by atoms with Crippen molar-refractivity contribution in [3.63, 3.8) is 0 Å². The third-order valence-corrected chi connectivity index (χ3v) is 2.26. The molecule has 14 heavy (non-hydrogen) atoms. The predicted molar refractivity (Wildman–Crippen MR) is 55.0 cm³/mol. The van der Waals surface area contributed by atoms with Gasteiger partial charge in [0.15, 0.2) is 5.82 Å². The van der Waals surface area contributed by atoms with E-state index in [4.69, 9.17) is 0 Å². The van der Waals surface area contributed by atoms with Crippen molar-refractivity contribution < 1.29 is 4.79 Å². The van der Waals surface area contributed by atoms with Crippen molar-refractivity contribution in [1.29, 1.82) is 0 Å². The van der Waals surface area contributed by atoms with Crippen LogP contribution in [0.4, 0.5) is 0 Å². The minimum absolute atomic E-state index is 0.271. The van der Waals surface area contributed by atoms with Gasteiger partial charge in [0, 0.05) is 0 Å². The number of hydrogen-bond acceptors (Lipinski definition) is 2. The van der Waals surface area contributed by atoms with Gasteiger partial charge in [-0.15, -0.1) is 0 Å². The largest absolute Gasteiger partial charge is 0.335 e. The fraction of sp³-hybridized carbons (Fsp3) is 0.273. The maximum Gasteiger partial charge on any atom is 0.271 e. The lowest BCUT2D eigenvalue weighted by Crippen LogP contribution is -1.88. The van der Waals surface area contributed by atoms with Crippen molar-refractivity contribution in [3.05, 3.63) is 29.6 Å². The Labute approximate surface area is 82.2 Å². The summed E-state index contributed by atoms with van der Waals surface area (Å²) in [6.45, 7) is 4.21. The molecule has 71 valence electrons. The van der Waals surface area contributed by atoms with Gasteiger partial charge in [-0.25, -0.2) is 4.98 Å². The van der Waals surface area contributed by atoms with Gasteiger partial charge in [-0.2, -0.15) is 0 Å². The van der Waals surface area contributed by atoms with Crippen LogP contribution < -0.4 is 0 Å². The summed E-state index contributed by atoms with van der Waals surface area (Å²) in [6, 6.07) is 5.90. The van der Waals surface area contributed by atoms with Crippen molar-refractivity contribution in [2.45, 2.75) is 19.8 Å². The number of H-pyrrole nitrogens is 1. The number of nitrogens with zero attached hydrogens (tertiary/aromatic N) is 1. The van der Waals surface area contributed by atoms with E-state index in [2.05, 4.69) is 23.8 Å². The first kappa shape index (κ1) is 8.94. The minimum atomic E-state index is 0.271. The van der Waals surface area contributed by atoms with E-state index in [1.165, 1.54) is 0 Å². The fourth-order valence-electron chi connectivity index (χ4n) is 1.57. The summed E-state index contributed by atoms with van der Waals surface area (Å²) >= 11 is 0. The number of aromatic amines is 1. The van der Waals surface area contributed by atoms with E-state index >= 15 is 0 Å². The number of imidazole rings is 1. The van der Waals surface area contributed by atoms with Crippen LogP contribution in [0.2, 0.25) is 0 Å². The summed E-state index contributed by atoms with van der Waals surface area (Å²) in [5.74, 6) is 0.676. The van der Waals surface area contributed by atoms with Crippen LogP contribution in [-0.4, -0.2) is 16.3 Å². The zero-order valence-corrected chi connectivity index (χ0v) is 8.16. The molecule has 0 aliphatic rings. The van der Waals surface area contributed by atoms with E-state index in [-0.39, 0.29) is 5.82 Å². The van der Waals surface area contributed by atoms with Gasteiger partial charge >= 0.3 is 0 Å². The number of aromatic nitrogens is 2. The SMILES string of the molecule is CC(C)c1cccc2[nH]c([C]=O)nc12. The molecule has 0 aliphatic heterocycles. The average Bonchev–Trinajstić information content (AvgIpc) is 2.59. The van der Waals surface area contributed by atoms with Crippen LogP contribution in [0.15, 0.2) is 18.2 Å². The van der Waals surface area contributed by atoms with Crippen molar-refractivity contribution >= 4 is 17.3 Å². The van der Waals surface area contributed by atoms with E-state index in [0.29, 0.717) is 5.92 Å². The third kappa shape index (κ3) is 1.31. The summed E-state index contributed by atoms with van der Waals surface area (Å²) in [6.07, 6.45) is 1.77. The second-order valence-electron chi connectivity index (χ2n) is 3.59. The van der Waals surface area contributed by atoms with Gasteiger partial charge in [0.1, 0.15) is 0 Å². The number of benzene rings is 1. The van der Waals surface area contributed by atoms with Crippen molar-refractivity contribution in [1.82, 2.24) is 9.97 Å². The second-order valence-corrected chi connectivity index (χ2v) is 3.59. The second kappa shape index (κ2) is 3.25. The van der Waals surface area contributed by atoms with Crippen LogP contribution >= 0.6 is 0 Å². The standard InChI is InChI=1S/C11H11N2O/c1-7(2)8-4-3-5-9-11(8)13-10(6-14)12-9/h3-5,7H,1-2H3,(H,12,13). The number of hydrogen-bond donors (Lipinski definition) is 1. The van der Waals surface area contributed by atoms with Crippen LogP contribution in [0.1, 0.15) is 31.2 Å². The Morgan fingerprint density at radius 3 is 2.86 bits per heavy atom. The van der Waals surface area contributed by atoms with Crippen LogP contribution in [0, 0.1) is 0 Å². The first-order valence-electron chi connectivity index (χ1n) is 4.59. The van der Waals surface area contributed by atoms with Crippen molar-refractivity contribution in [2.24, 2.45) is 0 Å². The molecule has 0 atom stereocenters. The molecule has 3 nitrogen and oxygen atoms in total. The molecule has 1 N–H and O–H groups in total. The fourth-order valence-corrected chi connectivity index (χ4v) is 1.57. The van der Waals surface area contributed by atoms with E-state index in [1.54, 1.807) is 6.29 Å². The van der Waals surface area contributed by atoms with Gasteiger partial charge in [0.2, 0.25) is 0 Å². The molecular formula is C11H11N2O. The van der Waals surface area contributed by atoms with Gasteiger partial charge in [-0.1, -0.05) is 26.0 Å². The molecule has 0 unspecified atom stereocenters. The molecule has 1 heterocycles. The Morgan fingerprint density at radius 2 is 2.21 bits per heavy atom. The smallest absolute Gasteiger partial charge is 0.271 e. The molecule has 1 aromatic carbocycles. The minimum Gasteiger partial charge on any atom is -0.335 e. The Morgan fingerprint density at radius 1 is 1.43 bits per heavy atom. The van der Waals surface area contributed by atoms with Gasteiger partial charge < -0.3 is 4.98 Å². The lowest BCUT2D eigenvalue weighted by Gasteiger charge is -2.04. The Bertz CT molecular complexity index is 471. The highest BCUT2D eigenvalue weighted by atomic mass is 16.1. The number of carbonyl (C=O) groups excluding carboxylic acids is 1. The van der Waals surface area contributed by atoms with Crippen LogP contribution in [0.25, 0.3) is 11.0 Å². The predicted octanol–water partition coefficient (Wildman–Crippen LogP) is 2.14. The van der Waals surface area contributed by atoms with Gasteiger partial charge in [-0.3, -0.25) is 4.79 Å². The molecular weight excluding hydrogens is 176 g/mol. The van der Waals surface area contributed by atoms with Gasteiger partial charge in [-0.05, 0) is 17.5 Å². The van der Waals surface area contributed by atoms with Crippen molar-refractivity contribution in [3.8, 4) is 0 Å². The van der Waals surface area contributed by atoms with E-state index < -0.39 is 0 Å². The molecule has 0 aliphatic carbocycles. The quantitative estimate of drug-likeness (QED) is 0.782. The van der Waals surface area contributed by atoms with Crippen molar-refractivity contribution in [2.75, 3.05) is 0 Å². The molecule has 0 saturated heterocycles. The Kier molecular flexibility index (Phi) is 2.08.